The van der Waals surface area contributed by atoms with Crippen LogP contribution >= 0.6 is 0 Å². The van der Waals surface area contributed by atoms with Gasteiger partial charge >= 0.3 is 11.9 Å². The lowest BCUT2D eigenvalue weighted by Gasteiger charge is -2.26. The van der Waals surface area contributed by atoms with Crippen LogP contribution in [0.4, 0.5) is 0 Å². The lowest BCUT2D eigenvalue weighted by Crippen LogP contribution is -2.58. The largest absolute Gasteiger partial charge is 0.481 e. The molecule has 4 amide bonds. The van der Waals surface area contributed by atoms with E-state index in [-0.39, 0.29) is 12.3 Å². The third-order valence-electron chi connectivity index (χ3n) is 4.89. The van der Waals surface area contributed by atoms with Gasteiger partial charge in [-0.3, -0.25) is 24.0 Å². The first-order valence-electron chi connectivity index (χ1n) is 10.6. The lowest BCUT2D eigenvalue weighted by molar-refractivity contribution is -0.144. The molecule has 0 aliphatic rings. The van der Waals surface area contributed by atoms with Crippen LogP contribution in [-0.2, 0) is 28.8 Å². The second kappa shape index (κ2) is 14.0. The van der Waals surface area contributed by atoms with Crippen LogP contribution in [0, 0.1) is 11.8 Å². The molecule has 0 saturated heterocycles. The van der Waals surface area contributed by atoms with Gasteiger partial charge in [0.2, 0.25) is 23.6 Å². The van der Waals surface area contributed by atoms with Gasteiger partial charge in [-0.2, -0.15) is 0 Å². The van der Waals surface area contributed by atoms with Crippen molar-refractivity contribution in [2.75, 3.05) is 0 Å². The number of nitrogens with two attached hydrogens (primary N) is 2. The molecule has 9 N–H and O–H groups in total. The van der Waals surface area contributed by atoms with Crippen LogP contribution in [0.25, 0.3) is 0 Å². The van der Waals surface area contributed by atoms with Crippen molar-refractivity contribution in [1.29, 1.82) is 0 Å². The van der Waals surface area contributed by atoms with Crippen molar-refractivity contribution in [1.82, 2.24) is 16.0 Å². The van der Waals surface area contributed by atoms with Gasteiger partial charge in [0.15, 0.2) is 0 Å². The van der Waals surface area contributed by atoms with E-state index < -0.39 is 78.5 Å². The van der Waals surface area contributed by atoms with Crippen molar-refractivity contribution in [2.45, 2.75) is 77.5 Å². The van der Waals surface area contributed by atoms with Crippen molar-refractivity contribution < 1.29 is 39.0 Å². The third kappa shape index (κ3) is 11.3. The number of carboxylic acids is 2. The molecular formula is C20H35N5O8. The highest BCUT2D eigenvalue weighted by Crippen LogP contribution is 2.10. The van der Waals surface area contributed by atoms with Gasteiger partial charge in [0.05, 0.1) is 18.9 Å². The molecule has 0 radical (unpaired) electrons. The first-order valence-corrected chi connectivity index (χ1v) is 10.6. The molecule has 0 saturated carbocycles. The molecule has 0 heterocycles. The van der Waals surface area contributed by atoms with E-state index in [2.05, 4.69) is 16.0 Å². The number of carboxylic acid groups (broad SMARTS) is 2. The van der Waals surface area contributed by atoms with Gasteiger partial charge in [0, 0.05) is 0 Å². The molecule has 0 aromatic carbocycles. The van der Waals surface area contributed by atoms with Crippen molar-refractivity contribution in [3.05, 3.63) is 0 Å². The molecule has 0 rings (SSSR count). The Bertz CT molecular complexity index is 742. The minimum absolute atomic E-state index is 0.0954. The molecule has 0 bridgehead atoms. The zero-order valence-electron chi connectivity index (χ0n) is 19.3. The Morgan fingerprint density at radius 1 is 0.818 bits per heavy atom. The zero-order valence-corrected chi connectivity index (χ0v) is 19.3. The van der Waals surface area contributed by atoms with E-state index in [1.54, 1.807) is 27.7 Å². The van der Waals surface area contributed by atoms with Crippen LogP contribution in [-0.4, -0.2) is 69.9 Å². The number of carbonyl (C=O) groups excluding carboxylic acids is 4. The van der Waals surface area contributed by atoms with Crippen LogP contribution in [0.1, 0.15) is 53.4 Å². The van der Waals surface area contributed by atoms with Gasteiger partial charge in [-0.05, 0) is 18.3 Å². The summed E-state index contributed by atoms with van der Waals surface area (Å²) in [7, 11) is 0. The molecule has 188 valence electrons. The average Bonchev–Trinajstić information content (AvgIpc) is 2.68. The summed E-state index contributed by atoms with van der Waals surface area (Å²) in [6, 6.07) is -5.33. The van der Waals surface area contributed by atoms with E-state index in [0.29, 0.717) is 6.42 Å². The SMILES string of the molecule is CCC(C)C(NC(=O)C(CC(N)=O)NC(=O)C(CC(C)C)NC(=O)C(N)CC(=O)O)C(=O)O. The Labute approximate surface area is 192 Å². The minimum atomic E-state index is -1.49. The predicted molar refractivity (Wildman–Crippen MR) is 116 cm³/mol. The highest BCUT2D eigenvalue weighted by atomic mass is 16.4. The molecule has 0 aliphatic heterocycles. The molecule has 13 heteroatoms. The van der Waals surface area contributed by atoms with Gasteiger partial charge < -0.3 is 37.6 Å². The van der Waals surface area contributed by atoms with Crippen LogP contribution in [0.2, 0.25) is 0 Å². The maximum Gasteiger partial charge on any atom is 0.326 e. The average molecular weight is 474 g/mol. The maximum absolute atomic E-state index is 12.8. The normalized spacial score (nSPS) is 15.5. The molecule has 0 fully saturated rings. The van der Waals surface area contributed by atoms with Crippen LogP contribution < -0.4 is 27.4 Å². The third-order valence-corrected chi connectivity index (χ3v) is 4.89. The number of amides is 4. The van der Waals surface area contributed by atoms with Crippen molar-refractivity contribution in [3.63, 3.8) is 0 Å². The van der Waals surface area contributed by atoms with E-state index >= 15 is 0 Å². The summed E-state index contributed by atoms with van der Waals surface area (Å²) in [5, 5.41) is 25.1. The Hall–Kier alpha value is -3.22. The van der Waals surface area contributed by atoms with E-state index in [4.69, 9.17) is 16.6 Å². The number of rotatable bonds is 15. The van der Waals surface area contributed by atoms with E-state index in [1.165, 1.54) is 0 Å². The Kier molecular flexibility index (Phi) is 12.7. The number of nitrogens with one attached hydrogen (secondary N) is 3. The predicted octanol–water partition coefficient (Wildman–Crippen LogP) is -1.70. The number of primary amides is 1. The van der Waals surface area contributed by atoms with Crippen LogP contribution in [0.5, 0.6) is 0 Å². The molecule has 0 spiro atoms. The highest BCUT2D eigenvalue weighted by Gasteiger charge is 2.33. The van der Waals surface area contributed by atoms with Gasteiger partial charge in [-0.25, -0.2) is 4.79 Å². The summed E-state index contributed by atoms with van der Waals surface area (Å²) >= 11 is 0. The molecular weight excluding hydrogens is 438 g/mol. The second-order valence-electron chi connectivity index (χ2n) is 8.34. The summed E-state index contributed by atoms with van der Waals surface area (Å²) in [5.41, 5.74) is 10.7. The standard InChI is InChI=1S/C20H35N5O8/c1-5-10(4)16(20(32)33)25-19(31)13(8-14(22)26)24-18(30)12(6-9(2)3)23-17(29)11(21)7-15(27)28/h9-13,16H,5-8,21H2,1-4H3,(H2,22,26)(H,23,29)(H,24,30)(H,25,31)(H,27,28)(H,32,33). The topological polar surface area (TPSA) is 231 Å². The number of hydrogen-bond donors (Lipinski definition) is 7. The zero-order chi connectivity index (χ0) is 25.9. The summed E-state index contributed by atoms with van der Waals surface area (Å²) in [4.78, 5) is 71.4. The van der Waals surface area contributed by atoms with Crippen molar-refractivity contribution >= 4 is 35.6 Å². The summed E-state index contributed by atoms with van der Waals surface area (Å²) in [6.07, 6.45) is -0.692. The Balaban J connectivity index is 5.58. The molecule has 5 unspecified atom stereocenters. The quantitative estimate of drug-likeness (QED) is 0.143. The van der Waals surface area contributed by atoms with E-state index in [0.717, 1.165) is 0 Å². The second-order valence-corrected chi connectivity index (χ2v) is 8.34. The minimum Gasteiger partial charge on any atom is -0.481 e. The first-order chi connectivity index (χ1) is 15.2. The summed E-state index contributed by atoms with van der Waals surface area (Å²) in [6.45, 7) is 6.89. The number of aliphatic carboxylic acids is 2. The first kappa shape index (κ1) is 29.8. The molecule has 33 heavy (non-hydrogen) atoms. The maximum atomic E-state index is 12.8. The molecule has 0 aliphatic carbocycles. The fraction of sp³-hybridized carbons (Fsp3) is 0.700. The molecule has 13 nitrogen and oxygen atoms in total. The highest BCUT2D eigenvalue weighted by molar-refractivity contribution is 5.96. The van der Waals surface area contributed by atoms with Gasteiger partial charge in [-0.15, -0.1) is 0 Å². The smallest absolute Gasteiger partial charge is 0.326 e. The lowest BCUT2D eigenvalue weighted by atomic mass is 9.98. The molecule has 0 aromatic rings. The van der Waals surface area contributed by atoms with E-state index in [1.807, 2.05) is 0 Å². The molecule has 0 aromatic heterocycles. The Morgan fingerprint density at radius 2 is 1.33 bits per heavy atom. The monoisotopic (exact) mass is 473 g/mol. The number of carbonyl (C=O) groups is 6. The van der Waals surface area contributed by atoms with E-state index in [9.17, 15) is 33.9 Å². The summed E-state index contributed by atoms with van der Waals surface area (Å²) in [5.74, 6) is -6.66. The fourth-order valence-corrected chi connectivity index (χ4v) is 2.88. The van der Waals surface area contributed by atoms with Gasteiger partial charge in [0.1, 0.15) is 18.1 Å². The fourth-order valence-electron chi connectivity index (χ4n) is 2.88. The summed E-state index contributed by atoms with van der Waals surface area (Å²) < 4.78 is 0. The van der Waals surface area contributed by atoms with Crippen LogP contribution in [0.3, 0.4) is 0 Å². The van der Waals surface area contributed by atoms with Crippen molar-refractivity contribution in [2.24, 2.45) is 23.3 Å². The van der Waals surface area contributed by atoms with Gasteiger partial charge in [-0.1, -0.05) is 34.1 Å². The Morgan fingerprint density at radius 3 is 1.76 bits per heavy atom. The number of hydrogen-bond acceptors (Lipinski definition) is 7. The van der Waals surface area contributed by atoms with Gasteiger partial charge in [0.25, 0.3) is 0 Å². The van der Waals surface area contributed by atoms with Crippen LogP contribution in [0.15, 0.2) is 0 Å². The molecule has 5 atom stereocenters. The van der Waals surface area contributed by atoms with Crippen molar-refractivity contribution in [3.8, 4) is 0 Å².